The zero-order valence-corrected chi connectivity index (χ0v) is 23.0. The molecule has 11 heteroatoms. The summed E-state index contributed by atoms with van der Waals surface area (Å²) in [6.45, 7) is 4.20. The van der Waals surface area contributed by atoms with Crippen LogP contribution in [0.2, 0.25) is 0 Å². The van der Waals surface area contributed by atoms with Crippen LogP contribution in [0, 0.1) is 18.6 Å². The van der Waals surface area contributed by atoms with Gasteiger partial charge in [0.05, 0.1) is 13.2 Å². The van der Waals surface area contributed by atoms with E-state index in [-0.39, 0.29) is 23.7 Å². The Hall–Kier alpha value is -4.12. The van der Waals surface area contributed by atoms with Crippen molar-refractivity contribution in [3.8, 4) is 22.5 Å². The lowest BCUT2D eigenvalue weighted by atomic mass is 9.97. The van der Waals surface area contributed by atoms with E-state index in [1.807, 2.05) is 24.3 Å². The molecule has 1 fully saturated rings. The van der Waals surface area contributed by atoms with E-state index in [1.165, 1.54) is 20.8 Å². The Labute approximate surface area is 233 Å². The van der Waals surface area contributed by atoms with Crippen molar-refractivity contribution in [2.75, 3.05) is 20.2 Å². The maximum Gasteiger partial charge on any atom is 0.271 e. The lowest BCUT2D eigenvalue weighted by Gasteiger charge is -2.24. The third-order valence-electron chi connectivity index (χ3n) is 7.14. The SMILES string of the molecule is CCC(c1cc(F)cc(F)c1)n1c(-c2nc(C)cs2)nc(O)c(C(=O)N2CCC(c3ccccc3OC)C2)c1=O. The van der Waals surface area contributed by atoms with Gasteiger partial charge in [0.25, 0.3) is 11.5 Å². The number of nitrogens with zero attached hydrogens (tertiary/aromatic N) is 4. The van der Waals surface area contributed by atoms with Gasteiger partial charge in [-0.15, -0.1) is 11.3 Å². The second-order valence-corrected chi connectivity index (χ2v) is 10.6. The van der Waals surface area contributed by atoms with Gasteiger partial charge in [-0.25, -0.2) is 13.8 Å². The largest absolute Gasteiger partial charge is 0.496 e. The first-order chi connectivity index (χ1) is 19.2. The van der Waals surface area contributed by atoms with Crippen LogP contribution in [0.4, 0.5) is 8.78 Å². The fourth-order valence-electron chi connectivity index (χ4n) is 5.30. The number of carbonyl (C=O) groups is 1. The van der Waals surface area contributed by atoms with Crippen molar-refractivity contribution in [3.63, 3.8) is 0 Å². The molecule has 3 heterocycles. The topological polar surface area (TPSA) is 97.5 Å². The second kappa shape index (κ2) is 11.2. The Bertz CT molecular complexity index is 1620. The molecule has 1 N–H and O–H groups in total. The van der Waals surface area contributed by atoms with Crippen LogP contribution in [0.5, 0.6) is 11.6 Å². The maximum absolute atomic E-state index is 14.2. The molecule has 0 bridgehead atoms. The van der Waals surface area contributed by atoms with Crippen molar-refractivity contribution in [3.05, 3.63) is 92.2 Å². The van der Waals surface area contributed by atoms with Crippen molar-refractivity contribution in [1.82, 2.24) is 19.4 Å². The number of para-hydroxylation sites is 1. The predicted molar refractivity (Wildman–Crippen MR) is 147 cm³/mol. The summed E-state index contributed by atoms with van der Waals surface area (Å²) in [7, 11) is 1.59. The summed E-state index contributed by atoms with van der Waals surface area (Å²) in [5.41, 5.74) is 0.518. The van der Waals surface area contributed by atoms with Crippen molar-refractivity contribution in [2.24, 2.45) is 0 Å². The molecule has 2 unspecified atom stereocenters. The van der Waals surface area contributed by atoms with Gasteiger partial charge < -0.3 is 14.7 Å². The van der Waals surface area contributed by atoms with Gasteiger partial charge in [0.2, 0.25) is 5.88 Å². The van der Waals surface area contributed by atoms with Crippen LogP contribution in [0.3, 0.4) is 0 Å². The second-order valence-electron chi connectivity index (χ2n) is 9.71. The first kappa shape index (κ1) is 27.4. The monoisotopic (exact) mass is 566 g/mol. The number of rotatable bonds is 7. The molecule has 0 aliphatic carbocycles. The average Bonchev–Trinajstić information content (AvgIpc) is 3.59. The third kappa shape index (κ3) is 5.08. The van der Waals surface area contributed by atoms with E-state index >= 15 is 0 Å². The van der Waals surface area contributed by atoms with Crippen molar-refractivity contribution in [1.29, 1.82) is 0 Å². The van der Waals surface area contributed by atoms with Crippen molar-refractivity contribution < 1.29 is 23.4 Å². The zero-order valence-electron chi connectivity index (χ0n) is 22.2. The third-order valence-corrected chi connectivity index (χ3v) is 8.10. The minimum atomic E-state index is -0.878. The summed E-state index contributed by atoms with van der Waals surface area (Å²) in [4.78, 5) is 38.0. The maximum atomic E-state index is 14.2. The number of hydrogen-bond acceptors (Lipinski definition) is 7. The Morgan fingerprint density at radius 3 is 2.58 bits per heavy atom. The fraction of sp³-hybridized carbons (Fsp3) is 0.310. The van der Waals surface area contributed by atoms with Crippen LogP contribution in [0.1, 0.15) is 58.9 Å². The summed E-state index contributed by atoms with van der Waals surface area (Å²) < 4.78 is 35.1. The van der Waals surface area contributed by atoms with E-state index in [2.05, 4.69) is 9.97 Å². The van der Waals surface area contributed by atoms with Crippen molar-refractivity contribution >= 4 is 17.2 Å². The molecule has 1 aliphatic heterocycles. The van der Waals surface area contributed by atoms with E-state index in [9.17, 15) is 23.5 Å². The molecule has 5 rings (SSSR count). The Kier molecular flexibility index (Phi) is 7.66. The summed E-state index contributed by atoms with van der Waals surface area (Å²) in [6, 6.07) is 9.73. The highest BCUT2D eigenvalue weighted by molar-refractivity contribution is 7.13. The van der Waals surface area contributed by atoms with Crippen LogP contribution < -0.4 is 10.3 Å². The number of aromatic nitrogens is 3. The standard InChI is InChI=1S/C29H28F2N4O4S/c1-4-22(18-11-19(30)13-20(31)12-18)35-25(27-32-16(2)15-40-27)33-26(36)24(29(35)38)28(37)34-10-9-17(14-34)21-7-5-6-8-23(21)39-3/h5-8,11-13,15,17,22,36H,4,9-10,14H2,1-3H3. The summed E-state index contributed by atoms with van der Waals surface area (Å²) in [5, 5.41) is 13.0. The number of aryl methyl sites for hydroxylation is 1. The number of amides is 1. The molecule has 40 heavy (non-hydrogen) atoms. The van der Waals surface area contributed by atoms with Crippen LogP contribution in [0.25, 0.3) is 10.8 Å². The van der Waals surface area contributed by atoms with Crippen LogP contribution in [-0.2, 0) is 0 Å². The number of aromatic hydroxyl groups is 1. The number of ether oxygens (including phenoxy) is 1. The first-order valence-corrected chi connectivity index (χ1v) is 13.8. The van der Waals surface area contributed by atoms with E-state index < -0.39 is 40.6 Å². The zero-order chi connectivity index (χ0) is 28.6. The normalized spacial score (nSPS) is 15.8. The molecule has 1 amide bonds. The van der Waals surface area contributed by atoms with Gasteiger partial charge in [0.15, 0.2) is 16.4 Å². The number of carbonyl (C=O) groups excluding carboxylic acids is 1. The van der Waals surface area contributed by atoms with Gasteiger partial charge in [-0.1, -0.05) is 25.1 Å². The van der Waals surface area contributed by atoms with Crippen LogP contribution in [0.15, 0.2) is 52.6 Å². The molecule has 1 aliphatic rings. The predicted octanol–water partition coefficient (Wildman–Crippen LogP) is 5.30. The summed E-state index contributed by atoms with van der Waals surface area (Å²) in [5.74, 6) is -2.26. The molecule has 2 aromatic carbocycles. The van der Waals surface area contributed by atoms with E-state index in [1.54, 1.807) is 26.3 Å². The highest BCUT2D eigenvalue weighted by Crippen LogP contribution is 2.35. The molecule has 1 saturated heterocycles. The quantitative estimate of drug-likeness (QED) is 0.326. The number of benzene rings is 2. The minimum absolute atomic E-state index is 0.0157. The summed E-state index contributed by atoms with van der Waals surface area (Å²) in [6.07, 6.45) is 0.894. The smallest absolute Gasteiger partial charge is 0.271 e. The molecule has 0 spiro atoms. The number of hydrogen-bond donors (Lipinski definition) is 1. The van der Waals surface area contributed by atoms with Gasteiger partial charge in [-0.2, -0.15) is 4.98 Å². The highest BCUT2D eigenvalue weighted by Gasteiger charge is 2.35. The average molecular weight is 567 g/mol. The van der Waals surface area contributed by atoms with E-state index in [0.29, 0.717) is 36.0 Å². The van der Waals surface area contributed by atoms with Gasteiger partial charge >= 0.3 is 0 Å². The molecule has 4 aromatic rings. The number of halogens is 2. The molecule has 2 atom stereocenters. The lowest BCUT2D eigenvalue weighted by molar-refractivity contribution is 0.0784. The number of methoxy groups -OCH3 is 1. The lowest BCUT2D eigenvalue weighted by Crippen LogP contribution is -2.38. The Balaban J connectivity index is 1.60. The summed E-state index contributed by atoms with van der Waals surface area (Å²) >= 11 is 1.20. The molecule has 8 nitrogen and oxygen atoms in total. The Morgan fingerprint density at radius 2 is 1.93 bits per heavy atom. The molecule has 0 saturated carbocycles. The fourth-order valence-corrected chi connectivity index (χ4v) is 6.08. The highest BCUT2D eigenvalue weighted by atomic mass is 32.1. The molecular formula is C29H28F2N4O4S. The van der Waals surface area contributed by atoms with Crippen LogP contribution >= 0.6 is 11.3 Å². The van der Waals surface area contributed by atoms with Gasteiger partial charge in [0, 0.05) is 36.1 Å². The van der Waals surface area contributed by atoms with Gasteiger partial charge in [0.1, 0.15) is 17.4 Å². The molecular weight excluding hydrogens is 538 g/mol. The minimum Gasteiger partial charge on any atom is -0.496 e. The van der Waals surface area contributed by atoms with E-state index in [0.717, 1.165) is 23.8 Å². The first-order valence-electron chi connectivity index (χ1n) is 12.9. The van der Waals surface area contributed by atoms with Gasteiger partial charge in [-0.3, -0.25) is 14.2 Å². The van der Waals surface area contributed by atoms with Gasteiger partial charge in [-0.05, 0) is 49.1 Å². The van der Waals surface area contributed by atoms with Crippen LogP contribution in [-0.4, -0.2) is 50.6 Å². The molecule has 208 valence electrons. The molecule has 2 aromatic heterocycles. The number of thiazole rings is 1. The molecule has 0 radical (unpaired) electrons. The van der Waals surface area contributed by atoms with Crippen molar-refractivity contribution in [2.45, 2.75) is 38.6 Å². The van der Waals surface area contributed by atoms with E-state index in [4.69, 9.17) is 4.74 Å². The Morgan fingerprint density at radius 1 is 1.20 bits per heavy atom. The number of likely N-dealkylation sites (tertiary alicyclic amines) is 1.